The number of hydrogen-bond acceptors (Lipinski definition) is 4. The Hall–Kier alpha value is -0.850. The molecule has 6 heteroatoms. The summed E-state index contributed by atoms with van der Waals surface area (Å²) >= 11 is 0. The van der Waals surface area contributed by atoms with Crippen LogP contribution in [0.5, 0.6) is 0 Å². The fourth-order valence-corrected chi connectivity index (χ4v) is 4.29. The van der Waals surface area contributed by atoms with Gasteiger partial charge in [0.1, 0.15) is 0 Å². The molecule has 0 aromatic heterocycles. The van der Waals surface area contributed by atoms with E-state index in [1.165, 1.54) is 38.6 Å². The van der Waals surface area contributed by atoms with Crippen LogP contribution in [0.1, 0.15) is 45.4 Å². The predicted octanol–water partition coefficient (Wildman–Crippen LogP) is 1.61. The van der Waals surface area contributed by atoms with Gasteiger partial charge in [-0.1, -0.05) is 6.42 Å². The molecule has 0 amide bonds. The Morgan fingerprint density at radius 1 is 1.32 bits per heavy atom. The second-order valence-corrected chi connectivity index (χ2v) is 7.92. The molecule has 6 nitrogen and oxygen atoms in total. The van der Waals surface area contributed by atoms with Crippen molar-refractivity contribution in [2.45, 2.75) is 57.6 Å². The van der Waals surface area contributed by atoms with E-state index in [0.717, 1.165) is 51.8 Å². The topological polar surface area (TPSA) is 58.1 Å². The molecule has 144 valence electrons. The second kappa shape index (κ2) is 9.19. The number of nitrogens with one attached hydrogen (secondary N) is 2. The normalized spacial score (nSPS) is 29.1. The van der Waals surface area contributed by atoms with Crippen LogP contribution >= 0.6 is 0 Å². The van der Waals surface area contributed by atoms with Crippen molar-refractivity contribution in [3.63, 3.8) is 0 Å². The molecule has 2 atom stereocenters. The van der Waals surface area contributed by atoms with Crippen LogP contribution < -0.4 is 10.6 Å². The number of aliphatic imine (C=N–C) groups is 1. The van der Waals surface area contributed by atoms with Crippen molar-refractivity contribution in [2.75, 3.05) is 53.0 Å². The van der Waals surface area contributed by atoms with Crippen LogP contribution in [0.2, 0.25) is 0 Å². The highest BCUT2D eigenvalue weighted by atomic mass is 16.5. The highest BCUT2D eigenvalue weighted by molar-refractivity contribution is 5.79. The number of rotatable bonds is 8. The highest BCUT2D eigenvalue weighted by Gasteiger charge is 2.36. The molecule has 0 bridgehead atoms. The quantitative estimate of drug-likeness (QED) is 0.513. The van der Waals surface area contributed by atoms with Gasteiger partial charge in [-0.15, -0.1) is 0 Å². The minimum Gasteiger partial charge on any atom is -0.385 e. The highest BCUT2D eigenvalue weighted by Crippen LogP contribution is 2.44. The summed E-state index contributed by atoms with van der Waals surface area (Å²) in [6, 6.07) is 0.664. The number of morpholine rings is 1. The zero-order valence-electron chi connectivity index (χ0n) is 16.1. The maximum atomic E-state index is 6.05. The summed E-state index contributed by atoms with van der Waals surface area (Å²) in [4.78, 5) is 7.47. The van der Waals surface area contributed by atoms with Crippen molar-refractivity contribution in [3.8, 4) is 0 Å². The Bertz CT molecular complexity index is 439. The van der Waals surface area contributed by atoms with E-state index in [9.17, 15) is 0 Å². The van der Waals surface area contributed by atoms with Gasteiger partial charge in [0.2, 0.25) is 0 Å². The van der Waals surface area contributed by atoms with E-state index in [1.807, 2.05) is 0 Å². The second-order valence-electron chi connectivity index (χ2n) is 7.92. The largest absolute Gasteiger partial charge is 0.385 e. The lowest BCUT2D eigenvalue weighted by atomic mass is 9.67. The molecule has 2 saturated heterocycles. The summed E-state index contributed by atoms with van der Waals surface area (Å²) in [5.41, 5.74) is 0.364. The standard InChI is InChI=1S/C19H36N4O2/c1-3-20-18(22-15-19(7-5-8-19)9-11-24-2)21-12-17-13-23-10-4-6-16(23)14-25-17/h16-17H,3-15H2,1-2H3,(H2,20,21,22). The third-order valence-electron chi connectivity index (χ3n) is 6.13. The Morgan fingerprint density at radius 2 is 2.20 bits per heavy atom. The molecule has 2 heterocycles. The van der Waals surface area contributed by atoms with Crippen molar-refractivity contribution in [1.29, 1.82) is 0 Å². The van der Waals surface area contributed by atoms with E-state index < -0.39 is 0 Å². The number of hydrogen-bond donors (Lipinski definition) is 2. The van der Waals surface area contributed by atoms with Crippen LogP contribution in [0, 0.1) is 5.41 Å². The van der Waals surface area contributed by atoms with E-state index in [1.54, 1.807) is 7.11 Å². The van der Waals surface area contributed by atoms with E-state index in [-0.39, 0.29) is 6.10 Å². The third kappa shape index (κ3) is 5.08. The van der Waals surface area contributed by atoms with Crippen molar-refractivity contribution in [2.24, 2.45) is 10.4 Å². The molecule has 0 radical (unpaired) electrons. The molecular formula is C19H36N4O2. The van der Waals surface area contributed by atoms with Crippen LogP contribution in [-0.2, 0) is 9.47 Å². The number of methoxy groups -OCH3 is 1. The molecule has 2 unspecified atom stereocenters. The molecule has 1 aliphatic carbocycles. The molecule has 2 aliphatic heterocycles. The maximum absolute atomic E-state index is 6.05. The van der Waals surface area contributed by atoms with E-state index in [0.29, 0.717) is 11.5 Å². The van der Waals surface area contributed by atoms with Crippen LogP contribution in [0.15, 0.2) is 4.99 Å². The summed E-state index contributed by atoms with van der Waals surface area (Å²) < 4.78 is 11.3. The fourth-order valence-electron chi connectivity index (χ4n) is 4.29. The van der Waals surface area contributed by atoms with E-state index in [2.05, 4.69) is 22.5 Å². The van der Waals surface area contributed by atoms with Gasteiger partial charge in [-0.05, 0) is 51.0 Å². The first kappa shape index (κ1) is 18.9. The van der Waals surface area contributed by atoms with E-state index >= 15 is 0 Å². The molecule has 1 saturated carbocycles. The van der Waals surface area contributed by atoms with Crippen molar-refractivity contribution in [3.05, 3.63) is 0 Å². The smallest absolute Gasteiger partial charge is 0.191 e. The van der Waals surface area contributed by atoms with Crippen molar-refractivity contribution >= 4 is 5.96 Å². The zero-order valence-corrected chi connectivity index (χ0v) is 16.1. The Balaban J connectivity index is 1.47. The van der Waals surface area contributed by atoms with E-state index in [4.69, 9.17) is 14.5 Å². The van der Waals surface area contributed by atoms with Crippen LogP contribution in [0.4, 0.5) is 0 Å². The first-order valence-corrected chi connectivity index (χ1v) is 10.1. The fraction of sp³-hybridized carbons (Fsp3) is 0.947. The van der Waals surface area contributed by atoms with Crippen molar-refractivity contribution < 1.29 is 9.47 Å². The molecule has 3 rings (SSSR count). The van der Waals surface area contributed by atoms with Gasteiger partial charge in [0.05, 0.1) is 12.7 Å². The van der Waals surface area contributed by atoms with Crippen LogP contribution in [-0.4, -0.2) is 76.1 Å². The zero-order chi connectivity index (χ0) is 17.5. The average molecular weight is 353 g/mol. The minimum atomic E-state index is 0.268. The van der Waals surface area contributed by atoms with Gasteiger partial charge < -0.3 is 20.1 Å². The average Bonchev–Trinajstić information content (AvgIpc) is 3.06. The molecular weight excluding hydrogens is 316 g/mol. The SMILES string of the molecule is CCNC(=NCC1(CCOC)CCC1)NCC1CN2CCCC2CO1. The Morgan fingerprint density at radius 3 is 2.92 bits per heavy atom. The van der Waals surface area contributed by atoms with Crippen LogP contribution in [0.25, 0.3) is 0 Å². The summed E-state index contributed by atoms with van der Waals surface area (Å²) in [7, 11) is 1.79. The Labute approximate surface area is 152 Å². The summed E-state index contributed by atoms with van der Waals surface area (Å²) in [5, 5.41) is 6.89. The first-order chi connectivity index (χ1) is 12.2. The lowest BCUT2D eigenvalue weighted by Gasteiger charge is -2.41. The summed E-state index contributed by atoms with van der Waals surface area (Å²) in [6.07, 6.45) is 7.90. The number of ether oxygens (including phenoxy) is 2. The minimum absolute atomic E-state index is 0.268. The lowest BCUT2D eigenvalue weighted by molar-refractivity contribution is -0.0453. The predicted molar refractivity (Wildman–Crippen MR) is 101 cm³/mol. The molecule has 3 fully saturated rings. The molecule has 3 aliphatic rings. The van der Waals surface area contributed by atoms with Gasteiger partial charge in [0.25, 0.3) is 0 Å². The number of nitrogens with zero attached hydrogens (tertiary/aromatic N) is 2. The van der Waals surface area contributed by atoms with Gasteiger partial charge in [-0.3, -0.25) is 9.89 Å². The lowest BCUT2D eigenvalue weighted by Crippen LogP contribution is -2.51. The van der Waals surface area contributed by atoms with Gasteiger partial charge in [-0.2, -0.15) is 0 Å². The summed E-state index contributed by atoms with van der Waals surface area (Å²) in [5.74, 6) is 0.929. The molecule has 0 spiro atoms. The molecule has 25 heavy (non-hydrogen) atoms. The molecule has 0 aromatic carbocycles. The van der Waals surface area contributed by atoms with Crippen LogP contribution in [0.3, 0.4) is 0 Å². The number of guanidine groups is 1. The molecule has 0 aromatic rings. The Kier molecular flexibility index (Phi) is 6.96. The maximum Gasteiger partial charge on any atom is 0.191 e. The van der Waals surface area contributed by atoms with Gasteiger partial charge >= 0.3 is 0 Å². The van der Waals surface area contributed by atoms with Gasteiger partial charge in [0, 0.05) is 45.9 Å². The van der Waals surface area contributed by atoms with Crippen molar-refractivity contribution in [1.82, 2.24) is 15.5 Å². The monoisotopic (exact) mass is 352 g/mol. The first-order valence-electron chi connectivity index (χ1n) is 10.1. The van der Waals surface area contributed by atoms with Gasteiger partial charge in [-0.25, -0.2) is 0 Å². The molecule has 2 N–H and O–H groups in total. The van der Waals surface area contributed by atoms with Gasteiger partial charge in [0.15, 0.2) is 5.96 Å². The summed E-state index contributed by atoms with van der Waals surface area (Å²) in [6.45, 7) is 8.75. The number of fused-ring (bicyclic) bond motifs is 1. The third-order valence-corrected chi connectivity index (χ3v) is 6.13.